The van der Waals surface area contributed by atoms with Crippen molar-refractivity contribution in [3.63, 3.8) is 0 Å². The van der Waals surface area contributed by atoms with Crippen molar-refractivity contribution in [3.8, 4) is 0 Å². The Labute approximate surface area is 162 Å². The molecule has 1 aromatic carbocycles. The number of nitrogens with one attached hydrogen (secondary N) is 2. The van der Waals surface area contributed by atoms with E-state index in [1.165, 1.54) is 18.5 Å². The number of H-pyrrole nitrogens is 1. The molecule has 0 bridgehead atoms. The zero-order chi connectivity index (χ0) is 20.1. The van der Waals surface area contributed by atoms with Gasteiger partial charge in [-0.25, -0.2) is 4.99 Å². The lowest BCUT2D eigenvalue weighted by Gasteiger charge is -2.40. The van der Waals surface area contributed by atoms with Gasteiger partial charge in [-0.2, -0.15) is 0 Å². The average molecular weight is 377 g/mol. The molecule has 7 nitrogen and oxygen atoms in total. The van der Waals surface area contributed by atoms with Gasteiger partial charge in [0, 0.05) is 35.9 Å². The van der Waals surface area contributed by atoms with E-state index in [1.54, 1.807) is 12.3 Å². The van der Waals surface area contributed by atoms with Crippen LogP contribution >= 0.6 is 0 Å². The number of aromatic nitrogens is 1. The SMILES string of the molecule is C=C(N)N=C/C(=C\N)c1ccc(C2(C(=O)Nc3cc[nH]c(=O)c3)CCC2)cc1. The Hall–Kier alpha value is -3.61. The number of aromatic amines is 1. The summed E-state index contributed by atoms with van der Waals surface area (Å²) < 4.78 is 0. The maximum atomic E-state index is 13.0. The number of anilines is 1. The molecular formula is C21H23N5O2. The maximum Gasteiger partial charge on any atom is 0.249 e. The lowest BCUT2D eigenvalue weighted by Crippen LogP contribution is -2.46. The van der Waals surface area contributed by atoms with Crippen molar-refractivity contribution in [1.29, 1.82) is 0 Å². The standard InChI is InChI=1S/C21H23N5O2/c1-14(23)25-13-16(12-22)15-3-5-17(6-4-15)21(8-2-9-21)20(28)26-18-7-10-24-19(27)11-18/h3-7,10-13H,1-2,8-9,22-23H2,(H2,24,26,27,28)/b16-12+,25-13?. The van der Waals surface area contributed by atoms with Gasteiger partial charge in [0.05, 0.1) is 5.41 Å². The molecule has 0 unspecified atom stereocenters. The summed E-state index contributed by atoms with van der Waals surface area (Å²) in [5, 5.41) is 2.87. The van der Waals surface area contributed by atoms with Crippen LogP contribution in [0.4, 0.5) is 5.69 Å². The third-order valence-corrected chi connectivity index (χ3v) is 4.99. The molecule has 2 aromatic rings. The molecule has 6 N–H and O–H groups in total. The largest absolute Gasteiger partial charge is 0.404 e. The third kappa shape index (κ3) is 3.88. The molecule has 1 amide bonds. The van der Waals surface area contributed by atoms with Gasteiger partial charge in [-0.15, -0.1) is 0 Å². The highest BCUT2D eigenvalue weighted by Gasteiger charge is 2.45. The summed E-state index contributed by atoms with van der Waals surface area (Å²) >= 11 is 0. The number of carbonyl (C=O) groups excluding carboxylic acids is 1. The maximum absolute atomic E-state index is 13.0. The van der Waals surface area contributed by atoms with Crippen molar-refractivity contribution in [3.05, 3.63) is 82.7 Å². The van der Waals surface area contributed by atoms with Gasteiger partial charge in [0.25, 0.3) is 0 Å². The summed E-state index contributed by atoms with van der Waals surface area (Å²) in [6.07, 6.45) is 7.00. The summed E-state index contributed by atoms with van der Waals surface area (Å²) in [7, 11) is 0. The van der Waals surface area contributed by atoms with Gasteiger partial charge in [0.2, 0.25) is 11.5 Å². The van der Waals surface area contributed by atoms with E-state index in [1.807, 2.05) is 24.3 Å². The number of hydrogen-bond donors (Lipinski definition) is 4. The Morgan fingerprint density at radius 3 is 2.50 bits per heavy atom. The first-order valence-electron chi connectivity index (χ1n) is 8.96. The van der Waals surface area contributed by atoms with Gasteiger partial charge in [-0.05, 0) is 30.0 Å². The van der Waals surface area contributed by atoms with Crippen LogP contribution in [0.3, 0.4) is 0 Å². The Balaban J connectivity index is 1.83. The molecule has 0 saturated heterocycles. The first-order chi connectivity index (χ1) is 13.4. The highest BCUT2D eigenvalue weighted by molar-refractivity contribution is 6.10. The van der Waals surface area contributed by atoms with Crippen LogP contribution in [0.15, 0.2) is 71.0 Å². The lowest BCUT2D eigenvalue weighted by molar-refractivity contribution is -0.124. The van der Waals surface area contributed by atoms with Gasteiger partial charge in [0.15, 0.2) is 0 Å². The van der Waals surface area contributed by atoms with Crippen molar-refractivity contribution in [2.75, 3.05) is 5.32 Å². The fourth-order valence-electron chi connectivity index (χ4n) is 3.30. The molecule has 28 heavy (non-hydrogen) atoms. The monoisotopic (exact) mass is 377 g/mol. The molecule has 7 heteroatoms. The first kappa shape index (κ1) is 19.2. The number of carbonyl (C=O) groups is 1. The number of allylic oxidation sites excluding steroid dienone is 1. The van der Waals surface area contributed by atoms with Crippen molar-refractivity contribution in [1.82, 2.24) is 4.98 Å². The molecule has 0 atom stereocenters. The van der Waals surface area contributed by atoms with Gasteiger partial charge in [-0.3, -0.25) is 9.59 Å². The summed E-state index contributed by atoms with van der Waals surface area (Å²) in [5.74, 6) is 0.0912. The molecule has 3 rings (SSSR count). The van der Waals surface area contributed by atoms with Crippen molar-refractivity contribution >= 4 is 23.4 Å². The van der Waals surface area contributed by atoms with Crippen LogP contribution < -0.4 is 22.3 Å². The molecule has 1 aliphatic carbocycles. The van der Waals surface area contributed by atoms with Crippen molar-refractivity contribution in [2.45, 2.75) is 24.7 Å². The van der Waals surface area contributed by atoms with E-state index in [0.29, 0.717) is 11.3 Å². The molecule has 0 aliphatic heterocycles. The average Bonchev–Trinajstić information content (AvgIpc) is 2.62. The number of benzene rings is 1. The summed E-state index contributed by atoms with van der Waals surface area (Å²) in [5.41, 5.74) is 13.3. The Morgan fingerprint density at radius 2 is 1.96 bits per heavy atom. The fraction of sp³-hybridized carbons (Fsp3) is 0.190. The second kappa shape index (κ2) is 7.96. The number of nitrogens with two attached hydrogens (primary N) is 2. The molecule has 1 saturated carbocycles. The van der Waals surface area contributed by atoms with E-state index in [2.05, 4.69) is 21.9 Å². The highest BCUT2D eigenvalue weighted by Crippen LogP contribution is 2.44. The van der Waals surface area contributed by atoms with Crippen molar-refractivity contribution in [2.24, 2.45) is 16.5 Å². The number of amides is 1. The molecule has 0 spiro atoms. The minimum absolute atomic E-state index is 0.104. The van der Waals surface area contributed by atoms with E-state index in [0.717, 1.165) is 30.4 Å². The number of rotatable bonds is 6. The minimum Gasteiger partial charge on any atom is -0.404 e. The minimum atomic E-state index is -0.590. The summed E-state index contributed by atoms with van der Waals surface area (Å²) in [6, 6.07) is 10.7. The van der Waals surface area contributed by atoms with E-state index < -0.39 is 5.41 Å². The smallest absolute Gasteiger partial charge is 0.249 e. The fourth-order valence-corrected chi connectivity index (χ4v) is 3.30. The van der Waals surface area contributed by atoms with Crippen LogP contribution in [0.25, 0.3) is 5.57 Å². The third-order valence-electron chi connectivity index (χ3n) is 4.99. The first-order valence-corrected chi connectivity index (χ1v) is 8.96. The molecule has 0 radical (unpaired) electrons. The molecule has 1 aliphatic rings. The van der Waals surface area contributed by atoms with Gasteiger partial charge < -0.3 is 21.8 Å². The normalized spacial score (nSPS) is 15.8. The van der Waals surface area contributed by atoms with Crippen molar-refractivity contribution < 1.29 is 4.79 Å². The Kier molecular flexibility index (Phi) is 5.44. The zero-order valence-corrected chi connectivity index (χ0v) is 15.4. The number of aliphatic imine (C=N–C) groups is 1. The molecule has 1 fully saturated rings. The van der Waals surface area contributed by atoms with Crippen LogP contribution in [0, 0.1) is 0 Å². The number of hydrogen-bond acceptors (Lipinski definition) is 5. The van der Waals surface area contributed by atoms with E-state index in [-0.39, 0.29) is 17.3 Å². The number of nitrogens with zero attached hydrogens (tertiary/aromatic N) is 1. The van der Waals surface area contributed by atoms with E-state index in [4.69, 9.17) is 11.5 Å². The predicted molar refractivity (Wildman–Crippen MR) is 112 cm³/mol. The van der Waals surface area contributed by atoms with Gasteiger partial charge in [0.1, 0.15) is 5.82 Å². The van der Waals surface area contributed by atoms with Gasteiger partial charge in [-0.1, -0.05) is 37.3 Å². The summed E-state index contributed by atoms with van der Waals surface area (Å²) in [6.45, 7) is 3.53. The molecule has 1 heterocycles. The van der Waals surface area contributed by atoms with Crippen LogP contribution in [0.2, 0.25) is 0 Å². The van der Waals surface area contributed by atoms with E-state index in [9.17, 15) is 9.59 Å². The van der Waals surface area contributed by atoms with Crippen LogP contribution in [-0.2, 0) is 10.2 Å². The Bertz CT molecular complexity index is 998. The topological polar surface area (TPSA) is 126 Å². The highest BCUT2D eigenvalue weighted by atomic mass is 16.2. The van der Waals surface area contributed by atoms with Crippen LogP contribution in [-0.4, -0.2) is 17.1 Å². The zero-order valence-electron chi connectivity index (χ0n) is 15.4. The summed E-state index contributed by atoms with van der Waals surface area (Å²) in [4.78, 5) is 30.9. The molecule has 144 valence electrons. The lowest BCUT2D eigenvalue weighted by atomic mass is 9.63. The second-order valence-corrected chi connectivity index (χ2v) is 6.78. The van der Waals surface area contributed by atoms with E-state index >= 15 is 0 Å². The van der Waals surface area contributed by atoms with Crippen LogP contribution in [0.1, 0.15) is 30.4 Å². The molecule has 1 aromatic heterocycles. The second-order valence-electron chi connectivity index (χ2n) is 6.78. The number of pyridine rings is 1. The van der Waals surface area contributed by atoms with Crippen LogP contribution in [0.5, 0.6) is 0 Å². The quantitative estimate of drug-likeness (QED) is 0.576. The predicted octanol–water partition coefficient (Wildman–Crippen LogP) is 2.24. The molecular weight excluding hydrogens is 354 g/mol. The van der Waals surface area contributed by atoms with Gasteiger partial charge >= 0.3 is 0 Å². The Morgan fingerprint density at radius 1 is 1.25 bits per heavy atom.